The van der Waals surface area contributed by atoms with Crippen LogP contribution in [0.25, 0.3) is 5.69 Å². The van der Waals surface area contributed by atoms with Crippen LogP contribution in [0.5, 0.6) is 11.5 Å². The van der Waals surface area contributed by atoms with E-state index < -0.39 is 6.36 Å². The third kappa shape index (κ3) is 5.13. The number of aromatic nitrogens is 4. The number of hydrogen-bond donors (Lipinski definition) is 0. The highest BCUT2D eigenvalue weighted by Gasteiger charge is 2.30. The molecule has 0 fully saturated rings. The van der Waals surface area contributed by atoms with E-state index in [0.717, 1.165) is 5.56 Å². The number of thioether (sulfide) groups is 1. The van der Waals surface area contributed by atoms with Crippen LogP contribution >= 0.6 is 11.8 Å². The van der Waals surface area contributed by atoms with E-state index in [9.17, 15) is 13.2 Å². The average molecular weight is 396 g/mol. The fourth-order valence-corrected chi connectivity index (χ4v) is 3.10. The van der Waals surface area contributed by atoms with Crippen molar-refractivity contribution in [2.75, 3.05) is 6.61 Å². The van der Waals surface area contributed by atoms with Crippen molar-refractivity contribution in [2.24, 2.45) is 0 Å². The molecular formula is C17H15F3N4O2S. The Kier molecular flexibility index (Phi) is 5.84. The Labute approximate surface area is 157 Å². The second-order valence-corrected chi connectivity index (χ2v) is 6.20. The summed E-state index contributed by atoms with van der Waals surface area (Å²) in [6.07, 6.45) is -4.70. The number of halogens is 3. The maximum atomic E-state index is 12.2. The van der Waals surface area contributed by atoms with Gasteiger partial charge >= 0.3 is 6.36 Å². The SMILES string of the molecule is CCOc1ccccc1-n1nnnc1SCc1ccc(OC(F)(F)F)cc1. The summed E-state index contributed by atoms with van der Waals surface area (Å²) in [6.45, 7) is 2.39. The number of tetrazole rings is 1. The van der Waals surface area contributed by atoms with Crippen LogP contribution in [0.1, 0.15) is 12.5 Å². The van der Waals surface area contributed by atoms with Gasteiger partial charge < -0.3 is 9.47 Å². The molecule has 0 bridgehead atoms. The maximum absolute atomic E-state index is 12.2. The Hall–Kier alpha value is -2.75. The summed E-state index contributed by atoms with van der Waals surface area (Å²) in [5, 5.41) is 12.3. The highest BCUT2D eigenvalue weighted by Crippen LogP contribution is 2.28. The molecule has 0 saturated heterocycles. The van der Waals surface area contributed by atoms with Crippen molar-refractivity contribution in [1.29, 1.82) is 0 Å². The van der Waals surface area contributed by atoms with E-state index in [0.29, 0.717) is 29.0 Å². The summed E-state index contributed by atoms with van der Waals surface area (Å²) in [4.78, 5) is 0. The van der Waals surface area contributed by atoms with E-state index in [1.165, 1.54) is 23.9 Å². The monoisotopic (exact) mass is 396 g/mol. The Morgan fingerprint density at radius 3 is 2.52 bits per heavy atom. The third-order valence-electron chi connectivity index (χ3n) is 3.36. The van der Waals surface area contributed by atoms with Gasteiger partial charge in [-0.1, -0.05) is 36.0 Å². The first kappa shape index (κ1) is 19.0. The molecular weight excluding hydrogens is 381 g/mol. The second kappa shape index (κ2) is 8.30. The minimum absolute atomic E-state index is 0.258. The van der Waals surface area contributed by atoms with Crippen LogP contribution < -0.4 is 9.47 Å². The first-order valence-corrected chi connectivity index (χ1v) is 8.93. The van der Waals surface area contributed by atoms with Crippen molar-refractivity contribution in [3.63, 3.8) is 0 Å². The Bertz CT molecular complexity index is 884. The van der Waals surface area contributed by atoms with Crippen molar-refractivity contribution in [3.05, 3.63) is 54.1 Å². The molecule has 142 valence electrons. The molecule has 0 unspecified atom stereocenters. The highest BCUT2D eigenvalue weighted by atomic mass is 32.2. The van der Waals surface area contributed by atoms with Crippen LogP contribution in [0.15, 0.2) is 53.7 Å². The second-order valence-electron chi connectivity index (χ2n) is 5.25. The number of para-hydroxylation sites is 2. The number of nitrogens with zero attached hydrogens (tertiary/aromatic N) is 4. The van der Waals surface area contributed by atoms with E-state index in [1.807, 2.05) is 31.2 Å². The minimum atomic E-state index is -4.70. The molecule has 0 aliphatic heterocycles. The number of hydrogen-bond acceptors (Lipinski definition) is 6. The molecule has 0 atom stereocenters. The van der Waals surface area contributed by atoms with Crippen LogP contribution in [0.3, 0.4) is 0 Å². The number of benzene rings is 2. The zero-order chi connectivity index (χ0) is 19.3. The highest BCUT2D eigenvalue weighted by molar-refractivity contribution is 7.98. The molecule has 1 heterocycles. The zero-order valence-corrected chi connectivity index (χ0v) is 15.0. The summed E-state index contributed by atoms with van der Waals surface area (Å²) in [5.41, 5.74) is 1.52. The summed E-state index contributed by atoms with van der Waals surface area (Å²) in [7, 11) is 0. The summed E-state index contributed by atoms with van der Waals surface area (Å²) >= 11 is 1.36. The van der Waals surface area contributed by atoms with Crippen molar-refractivity contribution >= 4 is 11.8 Å². The van der Waals surface area contributed by atoms with Crippen molar-refractivity contribution in [3.8, 4) is 17.2 Å². The molecule has 27 heavy (non-hydrogen) atoms. The topological polar surface area (TPSA) is 62.1 Å². The molecule has 3 aromatic rings. The summed E-state index contributed by atoms with van der Waals surface area (Å²) in [6, 6.07) is 13.1. The smallest absolute Gasteiger partial charge is 0.492 e. The predicted molar refractivity (Wildman–Crippen MR) is 93.0 cm³/mol. The lowest BCUT2D eigenvalue weighted by Gasteiger charge is -2.11. The molecule has 2 aromatic carbocycles. The standard InChI is InChI=1S/C17H15F3N4O2S/c1-2-25-15-6-4-3-5-14(15)24-16(21-22-23-24)27-11-12-7-9-13(10-8-12)26-17(18,19)20/h3-10H,2,11H2,1H3. The van der Waals surface area contributed by atoms with E-state index >= 15 is 0 Å². The van der Waals surface area contributed by atoms with Crippen molar-refractivity contribution in [1.82, 2.24) is 20.2 Å². The van der Waals surface area contributed by atoms with Gasteiger partial charge in [0.05, 0.1) is 6.61 Å². The van der Waals surface area contributed by atoms with Gasteiger partial charge in [-0.25, -0.2) is 0 Å². The van der Waals surface area contributed by atoms with Crippen molar-refractivity contribution in [2.45, 2.75) is 24.2 Å². The lowest BCUT2D eigenvalue weighted by atomic mass is 10.2. The molecule has 0 radical (unpaired) electrons. The molecule has 0 amide bonds. The van der Waals surface area contributed by atoms with E-state index in [1.54, 1.807) is 16.8 Å². The van der Waals surface area contributed by atoms with Crippen LogP contribution in [-0.4, -0.2) is 33.2 Å². The molecule has 0 aliphatic rings. The Morgan fingerprint density at radius 2 is 1.81 bits per heavy atom. The molecule has 0 N–H and O–H groups in total. The van der Waals surface area contributed by atoms with E-state index in [4.69, 9.17) is 4.74 Å². The van der Waals surface area contributed by atoms with Gasteiger partial charge in [0, 0.05) is 5.75 Å². The normalized spacial score (nSPS) is 11.4. The summed E-state index contributed by atoms with van der Waals surface area (Å²) < 4.78 is 47.7. The van der Waals surface area contributed by atoms with Gasteiger partial charge in [0.1, 0.15) is 17.2 Å². The molecule has 0 spiro atoms. The van der Waals surface area contributed by atoms with Gasteiger partial charge in [0.15, 0.2) is 0 Å². The van der Waals surface area contributed by atoms with Crippen LogP contribution in [0.4, 0.5) is 13.2 Å². The van der Waals surface area contributed by atoms with Gasteiger partial charge in [0.2, 0.25) is 5.16 Å². The predicted octanol–water partition coefficient (Wildman–Crippen LogP) is 4.25. The maximum Gasteiger partial charge on any atom is 0.573 e. The van der Waals surface area contributed by atoms with Gasteiger partial charge in [-0.05, 0) is 47.2 Å². The van der Waals surface area contributed by atoms with Gasteiger partial charge in [-0.3, -0.25) is 0 Å². The van der Waals surface area contributed by atoms with E-state index in [2.05, 4.69) is 20.3 Å². The average Bonchev–Trinajstić information content (AvgIpc) is 3.09. The molecule has 0 saturated carbocycles. The molecule has 1 aromatic heterocycles. The zero-order valence-electron chi connectivity index (χ0n) is 14.2. The Balaban J connectivity index is 1.71. The first-order chi connectivity index (χ1) is 13.0. The van der Waals surface area contributed by atoms with Gasteiger partial charge in [-0.15, -0.1) is 18.3 Å². The largest absolute Gasteiger partial charge is 0.573 e. The first-order valence-electron chi connectivity index (χ1n) is 7.94. The third-order valence-corrected chi connectivity index (χ3v) is 4.35. The number of alkyl halides is 3. The lowest BCUT2D eigenvalue weighted by Crippen LogP contribution is -2.16. The minimum Gasteiger partial charge on any atom is -0.492 e. The van der Waals surface area contributed by atoms with E-state index in [-0.39, 0.29) is 5.75 Å². The molecule has 3 rings (SSSR count). The summed E-state index contributed by atoms with van der Waals surface area (Å²) in [5.74, 6) is 0.873. The number of rotatable bonds is 7. The van der Waals surface area contributed by atoms with Crippen LogP contribution in [-0.2, 0) is 5.75 Å². The molecule has 6 nitrogen and oxygen atoms in total. The molecule has 0 aliphatic carbocycles. The van der Waals surface area contributed by atoms with Gasteiger partial charge in [-0.2, -0.15) is 4.68 Å². The fourth-order valence-electron chi connectivity index (χ4n) is 2.27. The Morgan fingerprint density at radius 1 is 1.07 bits per heavy atom. The lowest BCUT2D eigenvalue weighted by molar-refractivity contribution is -0.274. The fraction of sp³-hybridized carbons (Fsp3) is 0.235. The van der Waals surface area contributed by atoms with Crippen molar-refractivity contribution < 1.29 is 22.6 Å². The van der Waals surface area contributed by atoms with Crippen LogP contribution in [0.2, 0.25) is 0 Å². The van der Waals surface area contributed by atoms with Gasteiger partial charge in [0.25, 0.3) is 0 Å². The quantitative estimate of drug-likeness (QED) is 0.557. The van der Waals surface area contributed by atoms with Crippen LogP contribution in [0, 0.1) is 0 Å². The molecule has 10 heteroatoms. The number of ether oxygens (including phenoxy) is 2.